The highest BCUT2D eigenvalue weighted by Gasteiger charge is 2.41. The standard InChI is InChI=1S/C30H31FN2O6.C25H23FN2O4.C22H30FN3O3.C9H6O4.ClH/c1-28(2,3)39-27(36)33-29(4,5)20-15-22(17-9-11-21(31)12-10-17)32-24(16-20)30(6,37)26(35)19-8-7-18-14-25(34)38-23(18)13-19;1-24(2,27)17-12-19(14-6-8-18(26)9-7-14)28-21(13-17)25(3,31)23(30)16-5-4-15-11-22(29)32-20(15)10-16;1-20(2,3)29-19(27)26-21(4,5)15-11-17(14-7-9-16(23)10-8-14)25-18(12-15)22(6,28)13-24;10-8-4-5-1-2-6(9(11)12)3-7(5)13-8;/h7-13,15-16,37H,14H2,1-6H3,(H,33,36);4-10,12-13,31H,11,27H2,1-3H3;7-12,28H,13,24H2,1-6H3,(H,26,27);1-3H,4H2,(H,11,12);1H. The Hall–Kier alpha value is -11.6. The van der Waals surface area contributed by atoms with Crippen LogP contribution in [-0.2, 0) is 76.5 Å². The number of halogens is 4. The lowest BCUT2D eigenvalue weighted by Gasteiger charge is -2.31. The number of esters is 3. The molecular formula is C86H91ClF3N7O17. The molecule has 0 saturated carbocycles. The minimum atomic E-state index is -2.11. The third-order valence-corrected chi connectivity index (χ3v) is 18.2. The summed E-state index contributed by atoms with van der Waals surface area (Å²) in [4.78, 5) is 110. The summed E-state index contributed by atoms with van der Waals surface area (Å²) >= 11 is 0. The van der Waals surface area contributed by atoms with Crippen molar-refractivity contribution in [1.82, 2.24) is 25.6 Å². The van der Waals surface area contributed by atoms with Crippen LogP contribution in [0.1, 0.15) is 185 Å². The number of ether oxygens (including phenoxy) is 5. The summed E-state index contributed by atoms with van der Waals surface area (Å²) in [5.41, 5.74) is 10.6. The quantitative estimate of drug-likeness (QED) is 0.0238. The van der Waals surface area contributed by atoms with Crippen molar-refractivity contribution in [3.05, 3.63) is 248 Å². The molecule has 3 aromatic heterocycles. The first-order valence-corrected chi connectivity index (χ1v) is 35.8. The number of hydrogen-bond acceptors (Lipinski definition) is 21. The number of carbonyl (C=O) groups excluding carboxylic acids is 7. The van der Waals surface area contributed by atoms with Gasteiger partial charge in [0.1, 0.15) is 51.5 Å². The summed E-state index contributed by atoms with van der Waals surface area (Å²) in [7, 11) is 0. The number of carbonyl (C=O) groups is 8. The molecule has 12 rings (SSSR count). The summed E-state index contributed by atoms with van der Waals surface area (Å²) in [6, 6.07) is 41.0. The van der Waals surface area contributed by atoms with Gasteiger partial charge in [-0.3, -0.25) is 24.0 Å². The first-order chi connectivity index (χ1) is 52.4. The van der Waals surface area contributed by atoms with Gasteiger partial charge in [-0.2, -0.15) is 0 Å². The molecule has 0 bridgehead atoms. The molecule has 0 fully saturated rings. The van der Waals surface area contributed by atoms with Crippen LogP contribution in [0.3, 0.4) is 0 Å². The van der Waals surface area contributed by atoms with Gasteiger partial charge in [0.05, 0.1) is 70.1 Å². The van der Waals surface area contributed by atoms with Gasteiger partial charge in [-0.1, -0.05) is 30.3 Å². The molecule has 10 N–H and O–H groups in total. The van der Waals surface area contributed by atoms with Gasteiger partial charge < -0.3 is 66.2 Å². The van der Waals surface area contributed by atoms with E-state index in [9.17, 15) is 66.8 Å². The average Bonchev–Trinajstić information content (AvgIpc) is 1.09. The SMILES string of the molecule is CC(C)(C)OC(=O)NC(C)(C)c1cc(-c2ccc(F)cc2)nc(C(C)(O)C(=O)c2ccc3c(c2)OC(=O)C3)c1.CC(C)(C)OC(=O)NC(C)(C)c1cc(-c2ccc(F)cc2)nc(C(C)(O)CN)c1.CC(C)(N)c1cc(-c2ccc(F)cc2)nc(C(C)(O)C(=O)c2ccc3c(c2)OC(=O)C3)c1.Cl.O=C1Cc2ccc(C(=O)O)cc2O1. The van der Waals surface area contributed by atoms with Gasteiger partial charge in [0.2, 0.25) is 0 Å². The Morgan fingerprint density at radius 1 is 0.430 bits per heavy atom. The molecule has 0 spiro atoms. The monoisotopic (exact) mass is 1590 g/mol. The zero-order valence-electron chi connectivity index (χ0n) is 65.6. The van der Waals surface area contributed by atoms with Crippen LogP contribution in [0, 0.1) is 17.5 Å². The van der Waals surface area contributed by atoms with Crippen LogP contribution in [-0.4, -0.2) is 101 Å². The van der Waals surface area contributed by atoms with E-state index in [0.717, 1.165) is 5.56 Å². The highest BCUT2D eigenvalue weighted by molar-refractivity contribution is 6.04. The minimum Gasteiger partial charge on any atom is -0.478 e. The lowest BCUT2D eigenvalue weighted by molar-refractivity contribution is -0.132. The molecule has 28 heteroatoms. The highest BCUT2D eigenvalue weighted by atomic mass is 35.5. The largest absolute Gasteiger partial charge is 0.478 e. The van der Waals surface area contributed by atoms with Gasteiger partial charge in [-0.15, -0.1) is 12.4 Å². The zero-order chi connectivity index (χ0) is 83.5. The van der Waals surface area contributed by atoms with E-state index in [1.165, 1.54) is 98.8 Å². The second-order valence-electron chi connectivity index (χ2n) is 31.6. The first-order valence-electron chi connectivity index (χ1n) is 35.8. The number of ketones is 2. The molecule has 3 aliphatic rings. The number of fused-ring (bicyclic) bond motifs is 3. The number of alkyl carbamates (subject to hydrolysis) is 2. The molecule has 600 valence electrons. The fraction of sp³-hybridized carbons (Fsp3) is 0.314. The van der Waals surface area contributed by atoms with Crippen LogP contribution in [0.5, 0.6) is 17.2 Å². The number of aromatic carboxylic acids is 1. The normalized spacial score (nSPS) is 14.5. The molecule has 114 heavy (non-hydrogen) atoms. The lowest BCUT2D eigenvalue weighted by atomic mass is 9.86. The Bertz CT molecular complexity index is 5190. The predicted octanol–water partition coefficient (Wildman–Crippen LogP) is 13.9. The van der Waals surface area contributed by atoms with Gasteiger partial charge in [-0.25, -0.2) is 42.5 Å². The maximum absolute atomic E-state index is 13.6. The van der Waals surface area contributed by atoms with Crippen LogP contribution in [0.4, 0.5) is 22.8 Å². The summed E-state index contributed by atoms with van der Waals surface area (Å²) in [5.74, 6) is -3.65. The molecule has 0 radical (unpaired) electrons. The van der Waals surface area contributed by atoms with Crippen molar-refractivity contribution < 1.29 is 95.6 Å². The second kappa shape index (κ2) is 34.0. The van der Waals surface area contributed by atoms with Crippen molar-refractivity contribution in [2.45, 2.75) is 168 Å². The number of carboxylic acids is 1. The molecule has 0 saturated heterocycles. The molecular weight excluding hydrogens is 1500 g/mol. The maximum atomic E-state index is 13.6. The van der Waals surface area contributed by atoms with Gasteiger partial charge in [0, 0.05) is 56.6 Å². The number of aromatic nitrogens is 3. The number of nitrogens with zero attached hydrogens (tertiary/aromatic N) is 3. The third-order valence-electron chi connectivity index (χ3n) is 18.2. The molecule has 3 aliphatic heterocycles. The van der Waals surface area contributed by atoms with E-state index in [-0.39, 0.29) is 95.6 Å². The number of pyridine rings is 3. The molecule has 6 heterocycles. The van der Waals surface area contributed by atoms with E-state index in [2.05, 4.69) is 25.6 Å². The lowest BCUT2D eigenvalue weighted by Crippen LogP contribution is -2.44. The number of rotatable bonds is 17. The molecule has 6 aromatic carbocycles. The number of Topliss-reactive ketones (excluding diaryl/α,β-unsaturated/α-hetero) is 2. The molecule has 2 amide bonds. The van der Waals surface area contributed by atoms with Crippen molar-refractivity contribution in [1.29, 1.82) is 0 Å². The number of hydrogen-bond donors (Lipinski definition) is 8. The molecule has 9 aromatic rings. The number of carboxylic acid groups (broad SMARTS) is 1. The first kappa shape index (κ1) is 88.0. The van der Waals surface area contributed by atoms with Crippen LogP contribution in [0.2, 0.25) is 0 Å². The second-order valence-corrected chi connectivity index (χ2v) is 31.6. The van der Waals surface area contributed by atoms with E-state index < -0.39 is 86.1 Å². The fourth-order valence-electron chi connectivity index (χ4n) is 11.7. The van der Waals surface area contributed by atoms with E-state index in [1.807, 2.05) is 13.8 Å². The predicted molar refractivity (Wildman–Crippen MR) is 419 cm³/mol. The number of nitrogens with two attached hydrogens (primary N) is 2. The Labute approximate surface area is 663 Å². The minimum absolute atomic E-state index is 0. The van der Waals surface area contributed by atoms with Crippen molar-refractivity contribution in [2.75, 3.05) is 6.54 Å². The Balaban J connectivity index is 0.000000199. The van der Waals surface area contributed by atoms with Crippen LogP contribution < -0.4 is 36.3 Å². The molecule has 3 unspecified atom stereocenters. The van der Waals surface area contributed by atoms with Crippen molar-refractivity contribution in [2.24, 2.45) is 11.5 Å². The summed E-state index contributed by atoms with van der Waals surface area (Å²) in [6.07, 6.45) is -0.713. The van der Waals surface area contributed by atoms with Gasteiger partial charge in [0.25, 0.3) is 0 Å². The topological polar surface area (TPSA) is 378 Å². The van der Waals surface area contributed by atoms with Crippen molar-refractivity contribution in [3.63, 3.8) is 0 Å². The van der Waals surface area contributed by atoms with Crippen LogP contribution >= 0.6 is 12.4 Å². The van der Waals surface area contributed by atoms with Gasteiger partial charge >= 0.3 is 36.1 Å². The van der Waals surface area contributed by atoms with Crippen LogP contribution in [0.25, 0.3) is 33.8 Å². The molecule has 3 atom stereocenters. The van der Waals surface area contributed by atoms with Crippen molar-refractivity contribution in [3.8, 4) is 51.0 Å². The van der Waals surface area contributed by atoms with E-state index in [0.29, 0.717) is 78.8 Å². The fourth-order valence-corrected chi connectivity index (χ4v) is 11.7. The summed E-state index contributed by atoms with van der Waals surface area (Å²) in [5, 5.41) is 47.8. The zero-order valence-corrected chi connectivity index (χ0v) is 66.4. The number of benzene rings is 6. The van der Waals surface area contributed by atoms with Gasteiger partial charge in [0.15, 0.2) is 22.8 Å². The smallest absolute Gasteiger partial charge is 0.408 e. The van der Waals surface area contributed by atoms with Gasteiger partial charge in [-0.05, 0) is 254 Å². The molecule has 0 aliphatic carbocycles. The Kier molecular flexibility index (Phi) is 26.2. The number of amides is 2. The number of aliphatic hydroxyl groups is 3. The Morgan fingerprint density at radius 3 is 1.03 bits per heavy atom. The maximum Gasteiger partial charge on any atom is 0.408 e. The average molecular weight is 1590 g/mol. The van der Waals surface area contributed by atoms with E-state index in [1.54, 1.807) is 155 Å². The summed E-state index contributed by atoms with van der Waals surface area (Å²) in [6.45, 7) is 25.6. The van der Waals surface area contributed by atoms with Crippen molar-refractivity contribution >= 4 is 60.0 Å². The highest BCUT2D eigenvalue weighted by Crippen LogP contribution is 2.39. The van der Waals surface area contributed by atoms with E-state index >= 15 is 0 Å². The van der Waals surface area contributed by atoms with E-state index in [4.69, 9.17) is 40.3 Å². The third kappa shape index (κ3) is 22.0. The Morgan fingerprint density at radius 2 is 0.719 bits per heavy atom. The molecule has 24 nitrogen and oxygen atoms in total. The number of nitrogens with one attached hydrogen (secondary N) is 2. The van der Waals surface area contributed by atoms with Crippen LogP contribution in [0.15, 0.2) is 164 Å². The summed E-state index contributed by atoms with van der Waals surface area (Å²) < 4.78 is 66.2.